The van der Waals surface area contributed by atoms with Gasteiger partial charge in [-0.05, 0) is 76.5 Å². The van der Waals surface area contributed by atoms with Crippen LogP contribution in [0.25, 0.3) is 11.1 Å². The first kappa shape index (κ1) is 18.7. The van der Waals surface area contributed by atoms with Gasteiger partial charge < -0.3 is 5.73 Å². The van der Waals surface area contributed by atoms with Gasteiger partial charge in [0.05, 0.1) is 6.42 Å². The molecule has 0 heterocycles. The third kappa shape index (κ3) is 3.85. The number of carbonyl (C=O) groups is 1. The molecule has 0 bridgehead atoms. The van der Waals surface area contributed by atoms with Gasteiger partial charge in [0.25, 0.3) is 0 Å². The van der Waals surface area contributed by atoms with Gasteiger partial charge in [0, 0.05) is 0 Å². The van der Waals surface area contributed by atoms with Gasteiger partial charge in [-0.2, -0.15) is 0 Å². The zero-order chi connectivity index (χ0) is 18.8. The maximum Gasteiger partial charge on any atom is 0.221 e. The van der Waals surface area contributed by atoms with E-state index in [4.69, 9.17) is 5.73 Å². The molecule has 2 N–H and O–H groups in total. The molecule has 0 spiro atoms. The third-order valence-electron chi connectivity index (χ3n) is 5.60. The number of fused-ring (bicyclic) bond motifs is 1. The molecular formula is C24H31NO. The predicted octanol–water partition coefficient (Wildman–Crippen LogP) is 5.51. The Balaban J connectivity index is 2.14. The molecule has 0 radical (unpaired) electrons. The van der Waals surface area contributed by atoms with Crippen molar-refractivity contribution < 1.29 is 4.79 Å². The molecule has 1 aliphatic rings. The van der Waals surface area contributed by atoms with Crippen molar-refractivity contribution in [2.45, 2.75) is 71.6 Å². The molecule has 0 saturated carbocycles. The number of primary amides is 1. The second-order valence-electron chi connectivity index (χ2n) is 8.28. The van der Waals surface area contributed by atoms with Crippen LogP contribution in [0.15, 0.2) is 30.3 Å². The Bertz CT molecular complexity index is 788. The first-order chi connectivity index (χ1) is 12.4. The average molecular weight is 350 g/mol. The summed E-state index contributed by atoms with van der Waals surface area (Å²) in [6.07, 6.45) is 5.33. The van der Waals surface area contributed by atoms with E-state index in [0.717, 1.165) is 5.56 Å². The number of hydrogen-bond acceptors (Lipinski definition) is 1. The van der Waals surface area contributed by atoms with E-state index in [1.54, 1.807) is 0 Å². The standard InChI is InChI=1S/C24H31NO/c1-15(2)21-12-20(13-22(16(3)4)23(21)14-24(25)26)19-10-9-17-7-5-6-8-18(17)11-19/h9-13,15-16H,5-8,14H2,1-4H3,(H2,25,26). The van der Waals surface area contributed by atoms with Crippen LogP contribution in [0.2, 0.25) is 0 Å². The molecule has 1 aliphatic carbocycles. The van der Waals surface area contributed by atoms with Gasteiger partial charge in [0.1, 0.15) is 0 Å². The van der Waals surface area contributed by atoms with E-state index >= 15 is 0 Å². The number of amides is 1. The highest BCUT2D eigenvalue weighted by molar-refractivity contribution is 5.79. The smallest absolute Gasteiger partial charge is 0.221 e. The van der Waals surface area contributed by atoms with E-state index in [2.05, 4.69) is 58.0 Å². The second kappa shape index (κ2) is 7.65. The predicted molar refractivity (Wildman–Crippen MR) is 110 cm³/mol. The first-order valence-corrected chi connectivity index (χ1v) is 9.94. The summed E-state index contributed by atoms with van der Waals surface area (Å²) in [7, 11) is 0. The SMILES string of the molecule is CC(C)c1cc(-c2ccc3c(c2)CCCC3)cc(C(C)C)c1CC(N)=O. The Labute approximate surface area is 157 Å². The van der Waals surface area contributed by atoms with Crippen LogP contribution >= 0.6 is 0 Å². The minimum atomic E-state index is -0.254. The molecule has 26 heavy (non-hydrogen) atoms. The molecule has 0 aromatic heterocycles. The molecule has 138 valence electrons. The van der Waals surface area contributed by atoms with Crippen LogP contribution in [-0.2, 0) is 24.1 Å². The summed E-state index contributed by atoms with van der Waals surface area (Å²) in [5.74, 6) is 0.467. The number of benzene rings is 2. The van der Waals surface area contributed by atoms with E-state index in [-0.39, 0.29) is 5.91 Å². The minimum absolute atomic E-state index is 0.254. The highest BCUT2D eigenvalue weighted by atomic mass is 16.1. The molecule has 1 amide bonds. The molecule has 2 heteroatoms. The summed E-state index contributed by atoms with van der Waals surface area (Å²) in [5, 5.41) is 0. The lowest BCUT2D eigenvalue weighted by Gasteiger charge is -2.22. The lowest BCUT2D eigenvalue weighted by molar-refractivity contribution is -0.117. The molecule has 0 fully saturated rings. The highest BCUT2D eigenvalue weighted by Crippen LogP contribution is 2.35. The van der Waals surface area contributed by atoms with Crippen LogP contribution < -0.4 is 5.73 Å². The van der Waals surface area contributed by atoms with Crippen molar-refractivity contribution in [2.75, 3.05) is 0 Å². The maximum absolute atomic E-state index is 11.7. The van der Waals surface area contributed by atoms with Crippen molar-refractivity contribution in [3.05, 3.63) is 58.1 Å². The second-order valence-corrected chi connectivity index (χ2v) is 8.28. The number of nitrogens with two attached hydrogens (primary N) is 1. The molecule has 2 nitrogen and oxygen atoms in total. The molecular weight excluding hydrogens is 318 g/mol. The maximum atomic E-state index is 11.7. The molecule has 0 unspecified atom stereocenters. The van der Waals surface area contributed by atoms with Crippen molar-refractivity contribution in [2.24, 2.45) is 5.73 Å². The zero-order valence-electron chi connectivity index (χ0n) is 16.6. The van der Waals surface area contributed by atoms with E-state index in [9.17, 15) is 4.79 Å². The molecule has 2 aromatic carbocycles. The van der Waals surface area contributed by atoms with Crippen LogP contribution in [0.4, 0.5) is 0 Å². The van der Waals surface area contributed by atoms with E-state index < -0.39 is 0 Å². The molecule has 0 aliphatic heterocycles. The largest absolute Gasteiger partial charge is 0.369 e. The van der Waals surface area contributed by atoms with Crippen molar-refractivity contribution in [3.8, 4) is 11.1 Å². The van der Waals surface area contributed by atoms with Crippen LogP contribution in [0.5, 0.6) is 0 Å². The summed E-state index contributed by atoms with van der Waals surface area (Å²) in [6, 6.07) is 11.5. The topological polar surface area (TPSA) is 43.1 Å². The van der Waals surface area contributed by atoms with Crippen LogP contribution in [0, 0.1) is 0 Å². The number of rotatable bonds is 5. The lowest BCUT2D eigenvalue weighted by atomic mass is 9.83. The van der Waals surface area contributed by atoms with E-state index in [0.29, 0.717) is 18.3 Å². The van der Waals surface area contributed by atoms with Crippen molar-refractivity contribution in [1.29, 1.82) is 0 Å². The zero-order valence-corrected chi connectivity index (χ0v) is 16.6. The fourth-order valence-electron chi connectivity index (χ4n) is 4.21. The molecule has 0 atom stereocenters. The summed E-state index contributed by atoms with van der Waals surface area (Å²) < 4.78 is 0. The van der Waals surface area contributed by atoms with Gasteiger partial charge in [-0.25, -0.2) is 0 Å². The van der Waals surface area contributed by atoms with Gasteiger partial charge in [0.15, 0.2) is 0 Å². The fraction of sp³-hybridized carbons (Fsp3) is 0.458. The van der Waals surface area contributed by atoms with Crippen molar-refractivity contribution in [1.82, 2.24) is 0 Å². The van der Waals surface area contributed by atoms with Crippen LogP contribution in [0.3, 0.4) is 0 Å². The van der Waals surface area contributed by atoms with E-state index in [1.165, 1.54) is 59.1 Å². The van der Waals surface area contributed by atoms with Gasteiger partial charge in [-0.3, -0.25) is 4.79 Å². The van der Waals surface area contributed by atoms with Gasteiger partial charge >= 0.3 is 0 Å². The lowest BCUT2D eigenvalue weighted by Crippen LogP contribution is -2.17. The monoisotopic (exact) mass is 349 g/mol. The van der Waals surface area contributed by atoms with Crippen LogP contribution in [-0.4, -0.2) is 5.91 Å². The first-order valence-electron chi connectivity index (χ1n) is 9.94. The number of carbonyl (C=O) groups excluding carboxylic acids is 1. The number of hydrogen-bond donors (Lipinski definition) is 1. The average Bonchev–Trinajstić information content (AvgIpc) is 2.60. The quantitative estimate of drug-likeness (QED) is 0.760. The third-order valence-corrected chi connectivity index (χ3v) is 5.60. The normalized spacial score (nSPS) is 13.9. The molecule has 2 aromatic rings. The molecule has 0 saturated heterocycles. The Morgan fingerprint density at radius 1 is 0.885 bits per heavy atom. The Kier molecular flexibility index (Phi) is 5.50. The van der Waals surface area contributed by atoms with Crippen molar-refractivity contribution >= 4 is 5.91 Å². The number of aryl methyl sites for hydroxylation is 2. The Morgan fingerprint density at radius 3 is 2.00 bits per heavy atom. The van der Waals surface area contributed by atoms with Gasteiger partial charge in [-0.15, -0.1) is 0 Å². The van der Waals surface area contributed by atoms with Gasteiger partial charge in [-0.1, -0.05) is 58.0 Å². The Morgan fingerprint density at radius 2 is 1.46 bits per heavy atom. The summed E-state index contributed by atoms with van der Waals surface area (Å²) in [5.41, 5.74) is 14.8. The summed E-state index contributed by atoms with van der Waals surface area (Å²) in [4.78, 5) is 11.7. The van der Waals surface area contributed by atoms with Crippen molar-refractivity contribution in [3.63, 3.8) is 0 Å². The molecule has 3 rings (SSSR count). The highest BCUT2D eigenvalue weighted by Gasteiger charge is 2.18. The minimum Gasteiger partial charge on any atom is -0.369 e. The Hall–Kier alpha value is -2.09. The van der Waals surface area contributed by atoms with Gasteiger partial charge in [0.2, 0.25) is 5.91 Å². The van der Waals surface area contributed by atoms with E-state index in [1.807, 2.05) is 0 Å². The summed E-state index contributed by atoms with van der Waals surface area (Å²) >= 11 is 0. The summed E-state index contributed by atoms with van der Waals surface area (Å²) in [6.45, 7) is 8.78. The fourth-order valence-corrected chi connectivity index (χ4v) is 4.21. The van der Waals surface area contributed by atoms with Crippen LogP contribution in [0.1, 0.15) is 80.2 Å².